The van der Waals surface area contributed by atoms with Crippen LogP contribution in [0.2, 0.25) is 10.0 Å². The Kier molecular flexibility index (Phi) is 5.56. The number of halogens is 2. The molecule has 2 rings (SSSR count). The van der Waals surface area contributed by atoms with E-state index in [1.807, 2.05) is 18.2 Å². The number of anilines is 1. The molecule has 0 radical (unpaired) electrons. The van der Waals surface area contributed by atoms with Crippen molar-refractivity contribution in [1.29, 1.82) is 0 Å². The van der Waals surface area contributed by atoms with E-state index in [0.717, 1.165) is 11.1 Å². The van der Waals surface area contributed by atoms with Crippen LogP contribution in [0.4, 0.5) is 5.82 Å². The maximum atomic E-state index is 10.9. The predicted octanol–water partition coefficient (Wildman–Crippen LogP) is 3.64. The summed E-state index contributed by atoms with van der Waals surface area (Å²) in [6.45, 7) is 2.72. The van der Waals surface area contributed by atoms with Gasteiger partial charge in [-0.25, -0.2) is 4.98 Å². The molecule has 0 spiro atoms. The number of nitrogens with one attached hydrogen (secondary N) is 2. The molecule has 0 aliphatic rings. The van der Waals surface area contributed by atoms with Gasteiger partial charge in [0.05, 0.1) is 10.0 Å². The standard InChI is InChI=1S/C15H15Cl2N3O/c1-10(21)20-14-6-5-11(8-19-14)7-18-9-12-3-2-4-13(16)15(12)17/h2-6,8,18H,7,9H2,1H3,(H,19,20,21). The molecule has 0 unspecified atom stereocenters. The lowest BCUT2D eigenvalue weighted by Gasteiger charge is -2.08. The summed E-state index contributed by atoms with van der Waals surface area (Å²) >= 11 is 12.1. The second-order valence-electron chi connectivity index (χ2n) is 4.55. The predicted molar refractivity (Wildman–Crippen MR) is 85.5 cm³/mol. The van der Waals surface area contributed by atoms with Gasteiger partial charge < -0.3 is 10.6 Å². The van der Waals surface area contributed by atoms with Crippen molar-refractivity contribution in [3.8, 4) is 0 Å². The molecular formula is C15H15Cl2N3O. The highest BCUT2D eigenvalue weighted by atomic mass is 35.5. The lowest BCUT2D eigenvalue weighted by molar-refractivity contribution is -0.114. The number of nitrogens with zero attached hydrogens (tertiary/aromatic N) is 1. The molecule has 0 fully saturated rings. The third kappa shape index (κ3) is 4.70. The van der Waals surface area contributed by atoms with E-state index in [4.69, 9.17) is 23.2 Å². The van der Waals surface area contributed by atoms with Gasteiger partial charge in [0.15, 0.2) is 0 Å². The van der Waals surface area contributed by atoms with E-state index in [1.54, 1.807) is 18.3 Å². The monoisotopic (exact) mass is 323 g/mol. The van der Waals surface area contributed by atoms with E-state index in [9.17, 15) is 4.79 Å². The van der Waals surface area contributed by atoms with Crippen LogP contribution in [0.25, 0.3) is 0 Å². The molecule has 0 saturated carbocycles. The first-order valence-corrected chi connectivity index (χ1v) is 7.18. The molecular weight excluding hydrogens is 309 g/mol. The molecule has 2 N–H and O–H groups in total. The van der Waals surface area contributed by atoms with E-state index in [-0.39, 0.29) is 5.91 Å². The van der Waals surface area contributed by atoms with E-state index in [0.29, 0.717) is 29.0 Å². The molecule has 4 nitrogen and oxygen atoms in total. The van der Waals surface area contributed by atoms with Gasteiger partial charge in [0.2, 0.25) is 5.91 Å². The van der Waals surface area contributed by atoms with Crippen LogP contribution >= 0.6 is 23.2 Å². The van der Waals surface area contributed by atoms with Gasteiger partial charge in [-0.05, 0) is 23.3 Å². The van der Waals surface area contributed by atoms with Crippen LogP contribution in [-0.2, 0) is 17.9 Å². The summed E-state index contributed by atoms with van der Waals surface area (Å²) in [7, 11) is 0. The van der Waals surface area contributed by atoms with Gasteiger partial charge in [-0.15, -0.1) is 0 Å². The fourth-order valence-electron chi connectivity index (χ4n) is 1.81. The zero-order valence-corrected chi connectivity index (χ0v) is 13.0. The first-order chi connectivity index (χ1) is 10.1. The molecule has 0 aliphatic carbocycles. The Balaban J connectivity index is 1.88. The molecule has 0 saturated heterocycles. The Morgan fingerprint density at radius 2 is 2.00 bits per heavy atom. The zero-order chi connectivity index (χ0) is 15.2. The Morgan fingerprint density at radius 1 is 1.19 bits per heavy atom. The topological polar surface area (TPSA) is 54.0 Å². The van der Waals surface area contributed by atoms with Crippen molar-refractivity contribution in [2.45, 2.75) is 20.0 Å². The van der Waals surface area contributed by atoms with Crippen LogP contribution in [0.15, 0.2) is 36.5 Å². The van der Waals surface area contributed by atoms with Crippen LogP contribution < -0.4 is 10.6 Å². The SMILES string of the molecule is CC(=O)Nc1ccc(CNCc2cccc(Cl)c2Cl)cn1. The number of benzene rings is 1. The summed E-state index contributed by atoms with van der Waals surface area (Å²) in [5, 5.41) is 7.03. The highest BCUT2D eigenvalue weighted by molar-refractivity contribution is 6.42. The fourth-order valence-corrected chi connectivity index (χ4v) is 2.20. The van der Waals surface area contributed by atoms with Gasteiger partial charge in [-0.3, -0.25) is 4.79 Å². The number of rotatable bonds is 5. The molecule has 110 valence electrons. The van der Waals surface area contributed by atoms with Gasteiger partial charge in [0.25, 0.3) is 0 Å². The highest BCUT2D eigenvalue weighted by Crippen LogP contribution is 2.25. The fraction of sp³-hybridized carbons (Fsp3) is 0.200. The van der Waals surface area contributed by atoms with Gasteiger partial charge >= 0.3 is 0 Å². The summed E-state index contributed by atoms with van der Waals surface area (Å²) in [4.78, 5) is 15.1. The van der Waals surface area contributed by atoms with E-state index < -0.39 is 0 Å². The molecule has 0 aliphatic heterocycles. The van der Waals surface area contributed by atoms with Crippen molar-refractivity contribution in [1.82, 2.24) is 10.3 Å². The number of hydrogen-bond acceptors (Lipinski definition) is 3. The number of carbonyl (C=O) groups is 1. The number of aromatic nitrogens is 1. The summed E-state index contributed by atoms with van der Waals surface area (Å²) in [6, 6.07) is 9.24. The lowest BCUT2D eigenvalue weighted by atomic mass is 10.2. The quantitative estimate of drug-likeness (QED) is 0.883. The molecule has 1 amide bonds. The second kappa shape index (κ2) is 7.41. The Labute approximate surface area is 133 Å². The summed E-state index contributed by atoms with van der Waals surface area (Å²) < 4.78 is 0. The molecule has 1 heterocycles. The first-order valence-electron chi connectivity index (χ1n) is 6.42. The Hall–Kier alpha value is -1.62. The smallest absolute Gasteiger partial charge is 0.222 e. The van der Waals surface area contributed by atoms with Crippen molar-refractivity contribution in [3.05, 3.63) is 57.7 Å². The summed E-state index contributed by atoms with van der Waals surface area (Å²) in [6.07, 6.45) is 1.72. The molecule has 1 aromatic heterocycles. The van der Waals surface area contributed by atoms with Crippen molar-refractivity contribution < 1.29 is 4.79 Å². The van der Waals surface area contributed by atoms with E-state index in [1.165, 1.54) is 6.92 Å². The van der Waals surface area contributed by atoms with Gasteiger partial charge in [0, 0.05) is 26.2 Å². The number of amides is 1. The van der Waals surface area contributed by atoms with Gasteiger partial charge in [-0.1, -0.05) is 41.4 Å². The van der Waals surface area contributed by atoms with Crippen LogP contribution in [0.1, 0.15) is 18.1 Å². The maximum absolute atomic E-state index is 10.9. The summed E-state index contributed by atoms with van der Waals surface area (Å²) in [5.41, 5.74) is 1.97. The van der Waals surface area contributed by atoms with Gasteiger partial charge in [0.1, 0.15) is 5.82 Å². The molecule has 6 heteroatoms. The minimum atomic E-state index is -0.135. The first kappa shape index (κ1) is 15.8. The van der Waals surface area contributed by atoms with Crippen molar-refractivity contribution in [2.75, 3.05) is 5.32 Å². The number of carbonyl (C=O) groups excluding carboxylic acids is 1. The largest absolute Gasteiger partial charge is 0.311 e. The van der Waals surface area contributed by atoms with Crippen LogP contribution in [0, 0.1) is 0 Å². The summed E-state index contributed by atoms with van der Waals surface area (Å²) in [5.74, 6) is 0.410. The van der Waals surface area contributed by atoms with Crippen LogP contribution in [0.3, 0.4) is 0 Å². The zero-order valence-electron chi connectivity index (χ0n) is 11.5. The van der Waals surface area contributed by atoms with Crippen molar-refractivity contribution in [2.24, 2.45) is 0 Å². The molecule has 21 heavy (non-hydrogen) atoms. The second-order valence-corrected chi connectivity index (χ2v) is 5.33. The average molecular weight is 324 g/mol. The van der Waals surface area contributed by atoms with Crippen LogP contribution in [-0.4, -0.2) is 10.9 Å². The maximum Gasteiger partial charge on any atom is 0.222 e. The van der Waals surface area contributed by atoms with Crippen molar-refractivity contribution >= 4 is 34.9 Å². The van der Waals surface area contributed by atoms with Crippen molar-refractivity contribution in [3.63, 3.8) is 0 Å². The number of pyridine rings is 1. The normalized spacial score (nSPS) is 10.4. The lowest BCUT2D eigenvalue weighted by Crippen LogP contribution is -2.13. The Bertz CT molecular complexity index is 629. The molecule has 0 atom stereocenters. The third-order valence-electron chi connectivity index (χ3n) is 2.80. The van der Waals surface area contributed by atoms with Crippen LogP contribution in [0.5, 0.6) is 0 Å². The highest BCUT2D eigenvalue weighted by Gasteiger charge is 2.04. The Morgan fingerprint density at radius 3 is 2.67 bits per heavy atom. The average Bonchev–Trinajstić information content (AvgIpc) is 2.45. The minimum Gasteiger partial charge on any atom is -0.311 e. The minimum absolute atomic E-state index is 0.135. The van der Waals surface area contributed by atoms with E-state index >= 15 is 0 Å². The molecule has 1 aromatic carbocycles. The number of hydrogen-bond donors (Lipinski definition) is 2. The molecule has 2 aromatic rings. The molecule has 0 bridgehead atoms. The van der Waals surface area contributed by atoms with E-state index in [2.05, 4.69) is 15.6 Å². The third-order valence-corrected chi connectivity index (χ3v) is 3.66. The van der Waals surface area contributed by atoms with Gasteiger partial charge in [-0.2, -0.15) is 0 Å².